The number of nitrogens with zero attached hydrogens (tertiary/aromatic N) is 3. The molecular weight excluding hydrogens is 374 g/mol. The molecule has 1 atom stereocenters. The Morgan fingerprint density at radius 2 is 1.79 bits per heavy atom. The largest absolute Gasteiger partial charge is 0.451 e. The third kappa shape index (κ3) is 4.01. The second-order valence-electron chi connectivity index (χ2n) is 7.52. The van der Waals surface area contributed by atoms with Gasteiger partial charge in [-0.3, -0.25) is 19.0 Å². The Hall–Kier alpha value is -3.16. The predicted molar refractivity (Wildman–Crippen MR) is 108 cm³/mol. The quantitative estimate of drug-likeness (QED) is 0.592. The van der Waals surface area contributed by atoms with Crippen molar-refractivity contribution in [3.63, 3.8) is 0 Å². The SMILES string of the molecule is CC(OC(=O)Cn1cnc2c(oc3ccccc32)c1=O)C(=O)N(C(C)C)C(C)C. The number of benzene rings is 1. The Kier molecular flexibility index (Phi) is 5.72. The zero-order valence-electron chi connectivity index (χ0n) is 17.2. The van der Waals surface area contributed by atoms with Gasteiger partial charge < -0.3 is 14.1 Å². The number of esters is 1. The summed E-state index contributed by atoms with van der Waals surface area (Å²) >= 11 is 0. The Bertz CT molecular complexity index is 1100. The van der Waals surface area contributed by atoms with E-state index in [-0.39, 0.29) is 30.1 Å². The lowest BCUT2D eigenvalue weighted by Gasteiger charge is -2.32. The highest BCUT2D eigenvalue weighted by Crippen LogP contribution is 2.24. The van der Waals surface area contributed by atoms with E-state index in [0.29, 0.717) is 11.1 Å². The zero-order chi connectivity index (χ0) is 21.3. The van der Waals surface area contributed by atoms with Gasteiger partial charge in [-0.1, -0.05) is 12.1 Å². The standard InChI is InChI=1S/C21H25N3O5/c1-12(2)24(13(3)4)20(26)14(5)28-17(25)10-23-11-22-18-15-8-6-7-9-16(15)29-19(18)21(23)27/h6-9,11-14H,10H2,1-5H3. The number of hydrogen-bond acceptors (Lipinski definition) is 6. The molecule has 0 aliphatic carbocycles. The van der Waals surface area contributed by atoms with Gasteiger partial charge in [-0.2, -0.15) is 0 Å². The lowest BCUT2D eigenvalue weighted by Crippen LogP contribution is -2.47. The first-order chi connectivity index (χ1) is 13.7. The highest BCUT2D eigenvalue weighted by atomic mass is 16.5. The molecule has 1 unspecified atom stereocenters. The minimum absolute atomic E-state index is 0.0223. The molecule has 0 spiro atoms. The molecule has 0 saturated carbocycles. The molecule has 3 aromatic rings. The Labute approximate surface area is 168 Å². The van der Waals surface area contributed by atoms with Crippen LogP contribution in [0.2, 0.25) is 0 Å². The smallest absolute Gasteiger partial charge is 0.326 e. The van der Waals surface area contributed by atoms with Crippen molar-refractivity contribution in [2.45, 2.75) is 59.4 Å². The van der Waals surface area contributed by atoms with E-state index in [9.17, 15) is 14.4 Å². The molecule has 0 radical (unpaired) electrons. The van der Waals surface area contributed by atoms with E-state index in [1.54, 1.807) is 17.0 Å². The first-order valence-corrected chi connectivity index (χ1v) is 9.59. The molecule has 0 aliphatic heterocycles. The van der Waals surface area contributed by atoms with Gasteiger partial charge >= 0.3 is 5.97 Å². The fourth-order valence-corrected chi connectivity index (χ4v) is 3.47. The van der Waals surface area contributed by atoms with E-state index >= 15 is 0 Å². The number of carbonyl (C=O) groups is 2. The van der Waals surface area contributed by atoms with Crippen LogP contribution in [0.3, 0.4) is 0 Å². The van der Waals surface area contributed by atoms with E-state index < -0.39 is 17.6 Å². The van der Waals surface area contributed by atoms with Gasteiger partial charge in [-0.05, 0) is 46.8 Å². The molecule has 8 nitrogen and oxygen atoms in total. The molecule has 0 fully saturated rings. The number of carbonyl (C=O) groups excluding carboxylic acids is 2. The maximum Gasteiger partial charge on any atom is 0.326 e. The summed E-state index contributed by atoms with van der Waals surface area (Å²) in [5.41, 5.74) is 0.599. The first-order valence-electron chi connectivity index (χ1n) is 9.59. The van der Waals surface area contributed by atoms with E-state index in [1.165, 1.54) is 13.3 Å². The minimum atomic E-state index is -0.953. The van der Waals surface area contributed by atoms with Crippen LogP contribution in [-0.4, -0.2) is 44.5 Å². The Morgan fingerprint density at radius 3 is 2.45 bits per heavy atom. The van der Waals surface area contributed by atoms with Gasteiger partial charge in [-0.25, -0.2) is 4.98 Å². The van der Waals surface area contributed by atoms with Gasteiger partial charge in [0, 0.05) is 17.5 Å². The minimum Gasteiger partial charge on any atom is -0.451 e. The average molecular weight is 399 g/mol. The zero-order valence-corrected chi connectivity index (χ0v) is 17.2. The average Bonchev–Trinajstić information content (AvgIpc) is 3.03. The van der Waals surface area contributed by atoms with Crippen LogP contribution in [0.5, 0.6) is 0 Å². The van der Waals surface area contributed by atoms with Gasteiger partial charge in [-0.15, -0.1) is 0 Å². The molecule has 0 bridgehead atoms. The van der Waals surface area contributed by atoms with Crippen molar-refractivity contribution in [1.29, 1.82) is 0 Å². The summed E-state index contributed by atoms with van der Waals surface area (Å²) in [6, 6.07) is 7.15. The van der Waals surface area contributed by atoms with Crippen molar-refractivity contribution in [3.8, 4) is 0 Å². The van der Waals surface area contributed by atoms with Gasteiger partial charge in [0.1, 0.15) is 17.6 Å². The van der Waals surface area contributed by atoms with Crippen LogP contribution in [0, 0.1) is 0 Å². The van der Waals surface area contributed by atoms with Crippen LogP contribution >= 0.6 is 0 Å². The summed E-state index contributed by atoms with van der Waals surface area (Å²) < 4.78 is 12.0. The lowest BCUT2D eigenvalue weighted by atomic mass is 10.2. The molecule has 0 aliphatic rings. The first kappa shape index (κ1) is 20.6. The van der Waals surface area contributed by atoms with Crippen molar-refractivity contribution < 1.29 is 18.7 Å². The number of fused-ring (bicyclic) bond motifs is 3. The molecule has 8 heteroatoms. The third-order valence-electron chi connectivity index (χ3n) is 4.67. The van der Waals surface area contributed by atoms with Crippen molar-refractivity contribution in [2.24, 2.45) is 0 Å². The van der Waals surface area contributed by atoms with Gasteiger partial charge in [0.2, 0.25) is 5.58 Å². The summed E-state index contributed by atoms with van der Waals surface area (Å²) in [5.74, 6) is -0.973. The van der Waals surface area contributed by atoms with Crippen molar-refractivity contribution in [3.05, 3.63) is 40.9 Å². The molecule has 154 valence electrons. The molecule has 2 aromatic heterocycles. The number of ether oxygens (including phenoxy) is 1. The van der Waals surface area contributed by atoms with Crippen molar-refractivity contribution in [1.82, 2.24) is 14.5 Å². The van der Waals surface area contributed by atoms with Crippen LogP contribution in [0.15, 0.2) is 39.8 Å². The summed E-state index contributed by atoms with van der Waals surface area (Å²) in [6.45, 7) is 8.78. The third-order valence-corrected chi connectivity index (χ3v) is 4.67. The second kappa shape index (κ2) is 8.06. The summed E-state index contributed by atoms with van der Waals surface area (Å²) in [6.07, 6.45) is 0.334. The molecule has 0 saturated heterocycles. The monoisotopic (exact) mass is 399 g/mol. The maximum atomic E-state index is 12.7. The lowest BCUT2D eigenvalue weighted by molar-refractivity contribution is -0.161. The molecule has 1 amide bonds. The van der Waals surface area contributed by atoms with E-state index in [2.05, 4.69) is 4.98 Å². The van der Waals surface area contributed by atoms with E-state index in [1.807, 2.05) is 39.8 Å². The normalized spacial score (nSPS) is 12.7. The molecule has 3 rings (SSSR count). The van der Waals surface area contributed by atoms with Crippen LogP contribution in [-0.2, 0) is 20.9 Å². The molecule has 0 N–H and O–H groups in total. The predicted octanol–water partition coefficient (Wildman–Crippen LogP) is 2.72. The van der Waals surface area contributed by atoms with Crippen molar-refractivity contribution >= 4 is 33.9 Å². The number of aromatic nitrogens is 2. The number of amides is 1. The highest BCUT2D eigenvalue weighted by Gasteiger charge is 2.28. The fraction of sp³-hybridized carbons (Fsp3) is 0.429. The Balaban J connectivity index is 1.77. The number of furan rings is 1. The highest BCUT2D eigenvalue weighted by molar-refractivity contribution is 6.01. The molecule has 2 heterocycles. The summed E-state index contributed by atoms with van der Waals surface area (Å²) in [7, 11) is 0. The number of rotatable bonds is 6. The van der Waals surface area contributed by atoms with Crippen molar-refractivity contribution in [2.75, 3.05) is 0 Å². The summed E-state index contributed by atoms with van der Waals surface area (Å²) in [5, 5.41) is 0.732. The summed E-state index contributed by atoms with van der Waals surface area (Å²) in [4.78, 5) is 43.6. The Morgan fingerprint density at radius 1 is 1.14 bits per heavy atom. The number of hydrogen-bond donors (Lipinski definition) is 0. The van der Waals surface area contributed by atoms with Gasteiger partial charge in [0.25, 0.3) is 11.5 Å². The molecule has 1 aromatic carbocycles. The van der Waals surface area contributed by atoms with E-state index in [4.69, 9.17) is 9.15 Å². The van der Waals surface area contributed by atoms with Crippen LogP contribution < -0.4 is 5.56 Å². The molecule has 29 heavy (non-hydrogen) atoms. The van der Waals surface area contributed by atoms with Crippen LogP contribution in [0.4, 0.5) is 0 Å². The van der Waals surface area contributed by atoms with Crippen LogP contribution in [0.25, 0.3) is 22.1 Å². The number of para-hydroxylation sites is 1. The topological polar surface area (TPSA) is 94.6 Å². The maximum absolute atomic E-state index is 12.7. The van der Waals surface area contributed by atoms with Gasteiger partial charge in [0.05, 0.1) is 6.33 Å². The second-order valence-corrected chi connectivity index (χ2v) is 7.52. The van der Waals surface area contributed by atoms with Gasteiger partial charge in [0.15, 0.2) is 6.10 Å². The van der Waals surface area contributed by atoms with Crippen LogP contribution in [0.1, 0.15) is 34.6 Å². The molecular formula is C21H25N3O5. The fourth-order valence-electron chi connectivity index (χ4n) is 3.47. The van der Waals surface area contributed by atoms with E-state index in [0.717, 1.165) is 9.95 Å².